The number of imidazole rings is 1. The highest BCUT2D eigenvalue weighted by atomic mass is 19.4. The van der Waals surface area contributed by atoms with Gasteiger partial charge in [0.15, 0.2) is 0 Å². The van der Waals surface area contributed by atoms with Crippen LogP contribution in [0, 0.1) is 0 Å². The van der Waals surface area contributed by atoms with Crippen molar-refractivity contribution in [2.45, 2.75) is 12.7 Å². The van der Waals surface area contributed by atoms with Crippen molar-refractivity contribution in [3.63, 3.8) is 0 Å². The summed E-state index contributed by atoms with van der Waals surface area (Å²) >= 11 is 0. The maximum atomic E-state index is 12.9. The fourth-order valence-corrected chi connectivity index (χ4v) is 3.82. The summed E-state index contributed by atoms with van der Waals surface area (Å²) in [5.74, 6) is -2.51. The average Bonchev–Trinajstić information content (AvgIpc) is 3.16. The Bertz CT molecular complexity index is 1270. The van der Waals surface area contributed by atoms with Crippen LogP contribution in [0.15, 0.2) is 65.5 Å². The van der Waals surface area contributed by atoms with Gasteiger partial charge in [0.05, 0.1) is 16.6 Å². The lowest BCUT2D eigenvalue weighted by Gasteiger charge is -2.36. The first-order valence-electron chi connectivity index (χ1n) is 11.0. The topological polar surface area (TPSA) is 119 Å². The molecule has 3 N–H and O–H groups in total. The summed E-state index contributed by atoms with van der Waals surface area (Å²) in [6.45, 7) is 4.10. The van der Waals surface area contributed by atoms with Crippen molar-refractivity contribution in [1.82, 2.24) is 14.5 Å². The SMILES string of the molecule is O=C(O)/C=C/C(=O)O.O=c1[nH]c2ccccc2n1CCN1CCN(c2cccc(C(F)(F)F)c2)CC1. The molecule has 2 heterocycles. The molecule has 192 valence electrons. The molecule has 0 unspecified atom stereocenters. The van der Waals surface area contributed by atoms with Crippen molar-refractivity contribution in [2.24, 2.45) is 0 Å². The number of rotatable bonds is 6. The van der Waals surface area contributed by atoms with Crippen LogP contribution in [0.25, 0.3) is 11.0 Å². The van der Waals surface area contributed by atoms with Gasteiger partial charge in [0.2, 0.25) is 0 Å². The molecule has 0 bridgehead atoms. The van der Waals surface area contributed by atoms with Gasteiger partial charge in [-0.2, -0.15) is 13.2 Å². The predicted octanol–water partition coefficient (Wildman–Crippen LogP) is 2.88. The number of para-hydroxylation sites is 2. The van der Waals surface area contributed by atoms with E-state index in [0.717, 1.165) is 36.7 Å². The number of fused-ring (bicyclic) bond motifs is 1. The number of anilines is 1. The first-order valence-corrected chi connectivity index (χ1v) is 11.0. The molecule has 1 aromatic heterocycles. The zero-order valence-corrected chi connectivity index (χ0v) is 19.1. The zero-order valence-electron chi connectivity index (χ0n) is 19.1. The molecule has 1 saturated heterocycles. The van der Waals surface area contributed by atoms with Crippen LogP contribution in [0.2, 0.25) is 0 Å². The van der Waals surface area contributed by atoms with E-state index in [-0.39, 0.29) is 5.69 Å². The number of hydrogen-bond acceptors (Lipinski definition) is 5. The second-order valence-corrected chi connectivity index (χ2v) is 7.99. The summed E-state index contributed by atoms with van der Waals surface area (Å²) in [6, 6.07) is 13.1. The highest BCUT2D eigenvalue weighted by Crippen LogP contribution is 2.31. The van der Waals surface area contributed by atoms with Crippen LogP contribution >= 0.6 is 0 Å². The Balaban J connectivity index is 0.000000392. The van der Waals surface area contributed by atoms with Crippen molar-refractivity contribution >= 4 is 28.7 Å². The number of benzene rings is 2. The van der Waals surface area contributed by atoms with Gasteiger partial charge in [-0.05, 0) is 30.3 Å². The molecule has 3 aromatic rings. The monoisotopic (exact) mass is 506 g/mol. The van der Waals surface area contributed by atoms with Crippen molar-refractivity contribution in [1.29, 1.82) is 0 Å². The van der Waals surface area contributed by atoms with Crippen molar-refractivity contribution in [3.05, 3.63) is 76.7 Å². The molecule has 0 radical (unpaired) electrons. The third kappa shape index (κ3) is 7.22. The molecule has 2 aromatic carbocycles. The molecule has 4 rings (SSSR count). The lowest BCUT2D eigenvalue weighted by Crippen LogP contribution is -2.47. The van der Waals surface area contributed by atoms with Gasteiger partial charge in [0, 0.05) is 57.1 Å². The maximum Gasteiger partial charge on any atom is 0.416 e. The standard InChI is InChI=1S/C20H21F3N4O.C4H4O4/c21-20(22,23)15-4-3-5-16(14-15)26-11-8-25(9-12-26)10-13-27-18-7-2-1-6-17(18)24-19(27)28;5-3(6)1-2-4(7)8/h1-7,14H,8-13H2,(H,24,28);1-2H,(H,5,6)(H,7,8)/b;2-1+. The number of aromatic amines is 1. The predicted molar refractivity (Wildman–Crippen MR) is 127 cm³/mol. The van der Waals surface area contributed by atoms with Crippen LogP contribution in [0.4, 0.5) is 18.9 Å². The van der Waals surface area contributed by atoms with Crippen molar-refractivity contribution < 1.29 is 33.0 Å². The van der Waals surface area contributed by atoms with Crippen LogP contribution in [-0.2, 0) is 22.3 Å². The quantitative estimate of drug-likeness (QED) is 0.440. The van der Waals surface area contributed by atoms with E-state index in [1.807, 2.05) is 29.2 Å². The van der Waals surface area contributed by atoms with E-state index in [1.54, 1.807) is 10.6 Å². The number of piperazine rings is 1. The van der Waals surface area contributed by atoms with Gasteiger partial charge < -0.3 is 20.1 Å². The van der Waals surface area contributed by atoms with E-state index in [9.17, 15) is 27.6 Å². The number of carboxylic acid groups (broad SMARTS) is 2. The lowest BCUT2D eigenvalue weighted by molar-refractivity contribution is -0.137. The van der Waals surface area contributed by atoms with Gasteiger partial charge in [-0.3, -0.25) is 9.47 Å². The summed E-state index contributed by atoms with van der Waals surface area (Å²) < 4.78 is 40.5. The zero-order chi connectivity index (χ0) is 26.3. The molecule has 1 fully saturated rings. The number of aliphatic carboxylic acids is 2. The molecule has 12 heteroatoms. The fraction of sp³-hybridized carbons (Fsp3) is 0.292. The molecular weight excluding hydrogens is 481 g/mol. The minimum atomic E-state index is -4.33. The second kappa shape index (κ2) is 11.6. The molecule has 9 nitrogen and oxygen atoms in total. The fourth-order valence-electron chi connectivity index (χ4n) is 3.82. The Morgan fingerprint density at radius 3 is 2.17 bits per heavy atom. The molecule has 1 aliphatic rings. The molecule has 0 saturated carbocycles. The number of halogens is 3. The van der Waals surface area contributed by atoms with E-state index in [2.05, 4.69) is 9.88 Å². The van der Waals surface area contributed by atoms with Gasteiger partial charge >= 0.3 is 23.8 Å². The highest BCUT2D eigenvalue weighted by Gasteiger charge is 2.31. The first kappa shape index (κ1) is 26.5. The van der Waals surface area contributed by atoms with E-state index >= 15 is 0 Å². The Kier molecular flexibility index (Phi) is 8.54. The van der Waals surface area contributed by atoms with Gasteiger partial charge in [-0.1, -0.05) is 18.2 Å². The number of hydrogen-bond donors (Lipinski definition) is 3. The Morgan fingerprint density at radius 1 is 0.917 bits per heavy atom. The average molecular weight is 506 g/mol. The molecule has 36 heavy (non-hydrogen) atoms. The molecule has 0 amide bonds. The molecule has 0 atom stereocenters. The third-order valence-corrected chi connectivity index (χ3v) is 5.60. The Hall–Kier alpha value is -4.06. The number of carbonyl (C=O) groups is 2. The molecule has 0 aliphatic carbocycles. The Labute approximate surface area is 203 Å². The van der Waals surface area contributed by atoms with Gasteiger partial charge in [-0.25, -0.2) is 14.4 Å². The lowest BCUT2D eigenvalue weighted by atomic mass is 10.1. The molecule has 1 aliphatic heterocycles. The summed E-state index contributed by atoms with van der Waals surface area (Å²) in [6.07, 6.45) is -3.21. The van der Waals surface area contributed by atoms with Crippen molar-refractivity contribution in [3.8, 4) is 0 Å². The highest BCUT2D eigenvalue weighted by molar-refractivity contribution is 5.89. The van der Waals surface area contributed by atoms with Gasteiger partial charge in [0.25, 0.3) is 0 Å². The van der Waals surface area contributed by atoms with E-state index in [4.69, 9.17) is 10.2 Å². The van der Waals surface area contributed by atoms with E-state index in [1.165, 1.54) is 12.1 Å². The van der Waals surface area contributed by atoms with Gasteiger partial charge in [0.1, 0.15) is 0 Å². The first-order chi connectivity index (χ1) is 17.0. The summed E-state index contributed by atoms with van der Waals surface area (Å²) in [7, 11) is 0. The second-order valence-electron chi connectivity index (χ2n) is 7.99. The smallest absolute Gasteiger partial charge is 0.416 e. The maximum absolute atomic E-state index is 12.9. The van der Waals surface area contributed by atoms with Crippen LogP contribution in [-0.4, -0.2) is 69.3 Å². The van der Waals surface area contributed by atoms with Crippen molar-refractivity contribution in [2.75, 3.05) is 37.6 Å². The molecule has 0 spiro atoms. The third-order valence-electron chi connectivity index (χ3n) is 5.60. The van der Waals surface area contributed by atoms with E-state index < -0.39 is 23.7 Å². The normalized spacial score (nSPS) is 14.6. The Morgan fingerprint density at radius 2 is 1.56 bits per heavy atom. The summed E-state index contributed by atoms with van der Waals surface area (Å²) in [5.41, 5.74) is 1.56. The van der Waals surface area contributed by atoms with Crippen LogP contribution < -0.4 is 10.6 Å². The van der Waals surface area contributed by atoms with Gasteiger partial charge in [-0.15, -0.1) is 0 Å². The van der Waals surface area contributed by atoms with Crippen LogP contribution in [0.1, 0.15) is 5.56 Å². The largest absolute Gasteiger partial charge is 0.478 e. The number of nitrogens with zero attached hydrogens (tertiary/aromatic N) is 3. The number of alkyl halides is 3. The summed E-state index contributed by atoms with van der Waals surface area (Å²) in [5, 5.41) is 15.6. The summed E-state index contributed by atoms with van der Waals surface area (Å²) in [4.78, 5) is 38.3. The van der Waals surface area contributed by atoms with Crippen LogP contribution in [0.5, 0.6) is 0 Å². The number of nitrogens with one attached hydrogen (secondary N) is 1. The number of carboxylic acids is 2. The minimum absolute atomic E-state index is 0.121. The van der Waals surface area contributed by atoms with E-state index in [0.29, 0.717) is 37.5 Å². The molecular formula is C24H25F3N4O5. The minimum Gasteiger partial charge on any atom is -0.478 e. The number of aromatic nitrogens is 2. The van der Waals surface area contributed by atoms with Crippen LogP contribution in [0.3, 0.4) is 0 Å². The number of H-pyrrole nitrogens is 1.